The smallest absolute Gasteiger partial charge is 0.248 e. The van der Waals surface area contributed by atoms with Gasteiger partial charge in [-0.15, -0.1) is 0 Å². The minimum absolute atomic E-state index is 0.322. The Hall–Kier alpha value is -1.39. The zero-order chi connectivity index (χ0) is 18.4. The number of unbranched alkanes of at least 4 members (excludes halogenated alkanes) is 3. The van der Waals surface area contributed by atoms with Crippen molar-refractivity contribution in [1.29, 1.82) is 0 Å². The number of carbonyl (C=O) groups is 1. The first-order valence-corrected chi connectivity index (χ1v) is 10.5. The molecule has 1 aromatic carbocycles. The summed E-state index contributed by atoms with van der Waals surface area (Å²) >= 11 is 0. The Balaban J connectivity index is 1.47. The molecule has 2 saturated heterocycles. The molecule has 0 aliphatic carbocycles. The van der Waals surface area contributed by atoms with Gasteiger partial charge < -0.3 is 11.1 Å². The zero-order valence-electron chi connectivity index (χ0n) is 16.3. The summed E-state index contributed by atoms with van der Waals surface area (Å²) in [5.74, 6) is 0.252. The molecule has 2 aliphatic heterocycles. The highest BCUT2D eigenvalue weighted by molar-refractivity contribution is 5.92. The van der Waals surface area contributed by atoms with E-state index in [0.717, 1.165) is 13.1 Å². The van der Waals surface area contributed by atoms with Crippen LogP contribution >= 0.6 is 0 Å². The first kappa shape index (κ1) is 19.4. The summed E-state index contributed by atoms with van der Waals surface area (Å²) < 4.78 is 0. The number of nitrogens with zero attached hydrogens (tertiary/aromatic N) is 1. The van der Waals surface area contributed by atoms with Crippen LogP contribution in [0.3, 0.4) is 0 Å². The molecular weight excluding hydrogens is 322 g/mol. The van der Waals surface area contributed by atoms with Crippen LogP contribution in [0.15, 0.2) is 24.3 Å². The average molecular weight is 358 g/mol. The van der Waals surface area contributed by atoms with Gasteiger partial charge in [-0.1, -0.05) is 38.3 Å². The van der Waals surface area contributed by atoms with Crippen molar-refractivity contribution < 1.29 is 4.79 Å². The lowest BCUT2D eigenvalue weighted by Gasteiger charge is -2.39. The fourth-order valence-corrected chi connectivity index (χ4v) is 4.87. The summed E-state index contributed by atoms with van der Waals surface area (Å²) in [4.78, 5) is 14.2. The standard InChI is InChI=1S/C22H35N3O/c1-2-3-4-5-11-24-12-13-25-20-9-10-21(25)16-19(15-20)17-7-6-8-18(14-17)22(23)26/h6-8,14,19-21,24H,2-5,9-13,15-16H2,1H3,(H2,23,26)/t19-,20+,21-. The average Bonchev–Trinajstić information content (AvgIpc) is 2.88. The van der Waals surface area contributed by atoms with Gasteiger partial charge >= 0.3 is 0 Å². The summed E-state index contributed by atoms with van der Waals surface area (Å²) in [6.07, 6.45) is 10.4. The molecule has 0 unspecified atom stereocenters. The highest BCUT2D eigenvalue weighted by Gasteiger charge is 2.40. The van der Waals surface area contributed by atoms with Gasteiger partial charge in [0.05, 0.1) is 0 Å². The third-order valence-electron chi connectivity index (χ3n) is 6.28. The molecule has 0 aromatic heterocycles. The lowest BCUT2D eigenvalue weighted by molar-refractivity contribution is 0.1000. The molecule has 0 saturated carbocycles. The van der Waals surface area contributed by atoms with Crippen molar-refractivity contribution in [3.8, 4) is 0 Å². The van der Waals surface area contributed by atoms with Gasteiger partial charge in [0.25, 0.3) is 0 Å². The van der Waals surface area contributed by atoms with E-state index in [1.807, 2.05) is 18.2 Å². The van der Waals surface area contributed by atoms with E-state index in [-0.39, 0.29) is 5.91 Å². The molecule has 2 fully saturated rings. The summed E-state index contributed by atoms with van der Waals surface area (Å²) in [5, 5.41) is 3.63. The van der Waals surface area contributed by atoms with Crippen LogP contribution in [0.5, 0.6) is 0 Å². The number of rotatable bonds is 10. The second kappa shape index (κ2) is 9.52. The normalized spacial score (nSPS) is 25.5. The fourth-order valence-electron chi connectivity index (χ4n) is 4.87. The van der Waals surface area contributed by atoms with Crippen LogP contribution < -0.4 is 11.1 Å². The molecule has 2 aliphatic rings. The van der Waals surface area contributed by atoms with Crippen molar-refractivity contribution in [3.63, 3.8) is 0 Å². The SMILES string of the molecule is CCCCCCNCCN1[C@@H]2CC[C@H]1C[C@@H](c1cccc(C(N)=O)c1)C2. The van der Waals surface area contributed by atoms with Gasteiger partial charge in [-0.25, -0.2) is 0 Å². The lowest BCUT2D eigenvalue weighted by Crippen LogP contribution is -2.45. The van der Waals surface area contributed by atoms with Crippen LogP contribution in [0.4, 0.5) is 0 Å². The third-order valence-corrected chi connectivity index (χ3v) is 6.28. The van der Waals surface area contributed by atoms with Crippen LogP contribution in [-0.4, -0.2) is 42.5 Å². The highest BCUT2D eigenvalue weighted by atomic mass is 16.1. The van der Waals surface area contributed by atoms with E-state index in [1.165, 1.54) is 63.5 Å². The first-order valence-electron chi connectivity index (χ1n) is 10.5. The molecule has 3 N–H and O–H groups in total. The van der Waals surface area contributed by atoms with Gasteiger partial charge in [0.2, 0.25) is 5.91 Å². The van der Waals surface area contributed by atoms with Crippen molar-refractivity contribution >= 4 is 5.91 Å². The monoisotopic (exact) mass is 357 g/mol. The Morgan fingerprint density at radius 1 is 1.15 bits per heavy atom. The Morgan fingerprint density at radius 3 is 2.62 bits per heavy atom. The number of piperidine rings is 1. The van der Waals surface area contributed by atoms with Crippen LogP contribution in [-0.2, 0) is 0 Å². The van der Waals surface area contributed by atoms with E-state index >= 15 is 0 Å². The number of hydrogen-bond donors (Lipinski definition) is 2. The largest absolute Gasteiger partial charge is 0.366 e. The highest BCUT2D eigenvalue weighted by Crippen LogP contribution is 2.42. The molecule has 2 bridgehead atoms. The van der Waals surface area contributed by atoms with Gasteiger partial charge in [-0.05, 0) is 62.3 Å². The number of primary amides is 1. The predicted octanol–water partition coefficient (Wildman–Crippen LogP) is 3.67. The Morgan fingerprint density at radius 2 is 1.92 bits per heavy atom. The molecule has 1 amide bonds. The number of fused-ring (bicyclic) bond motifs is 2. The molecule has 1 aromatic rings. The maximum Gasteiger partial charge on any atom is 0.248 e. The quantitative estimate of drug-likeness (QED) is 0.628. The minimum Gasteiger partial charge on any atom is -0.366 e. The number of nitrogens with two attached hydrogens (primary N) is 1. The van der Waals surface area contributed by atoms with Crippen molar-refractivity contribution in [2.45, 2.75) is 76.3 Å². The van der Waals surface area contributed by atoms with E-state index in [2.05, 4.69) is 23.2 Å². The third kappa shape index (κ3) is 4.86. The van der Waals surface area contributed by atoms with E-state index in [1.54, 1.807) is 0 Å². The van der Waals surface area contributed by atoms with Crippen molar-refractivity contribution in [3.05, 3.63) is 35.4 Å². The molecular formula is C22H35N3O. The van der Waals surface area contributed by atoms with Gasteiger partial charge in [0, 0.05) is 30.7 Å². The molecule has 144 valence electrons. The van der Waals surface area contributed by atoms with Gasteiger partial charge in [0.15, 0.2) is 0 Å². The first-order chi connectivity index (χ1) is 12.7. The van der Waals surface area contributed by atoms with Gasteiger partial charge in [0.1, 0.15) is 0 Å². The van der Waals surface area contributed by atoms with Crippen LogP contribution in [0.2, 0.25) is 0 Å². The number of amides is 1. The molecule has 2 heterocycles. The molecule has 3 atom stereocenters. The van der Waals surface area contributed by atoms with E-state index in [4.69, 9.17) is 5.73 Å². The molecule has 3 rings (SSSR count). The fraction of sp³-hybridized carbons (Fsp3) is 0.682. The minimum atomic E-state index is -0.322. The van der Waals surface area contributed by atoms with Crippen LogP contribution in [0.1, 0.15) is 80.1 Å². The summed E-state index contributed by atoms with van der Waals surface area (Å²) in [6, 6.07) is 9.40. The Bertz CT molecular complexity index is 575. The van der Waals surface area contributed by atoms with E-state index in [9.17, 15) is 4.79 Å². The topological polar surface area (TPSA) is 58.4 Å². The summed E-state index contributed by atoms with van der Waals surface area (Å²) in [7, 11) is 0. The zero-order valence-corrected chi connectivity index (χ0v) is 16.3. The van der Waals surface area contributed by atoms with E-state index in [0.29, 0.717) is 23.6 Å². The Kier molecular flexibility index (Phi) is 7.09. The van der Waals surface area contributed by atoms with Crippen molar-refractivity contribution in [2.75, 3.05) is 19.6 Å². The Labute approximate surface area is 158 Å². The maximum absolute atomic E-state index is 11.5. The molecule has 4 nitrogen and oxygen atoms in total. The second-order valence-corrected chi connectivity index (χ2v) is 8.09. The van der Waals surface area contributed by atoms with Crippen LogP contribution in [0, 0.1) is 0 Å². The summed E-state index contributed by atoms with van der Waals surface area (Å²) in [5.41, 5.74) is 7.39. The number of nitrogens with one attached hydrogen (secondary N) is 1. The maximum atomic E-state index is 11.5. The van der Waals surface area contributed by atoms with Gasteiger partial charge in [-0.2, -0.15) is 0 Å². The van der Waals surface area contributed by atoms with Crippen molar-refractivity contribution in [2.24, 2.45) is 5.73 Å². The lowest BCUT2D eigenvalue weighted by atomic mass is 9.84. The molecule has 0 spiro atoms. The van der Waals surface area contributed by atoms with E-state index < -0.39 is 0 Å². The van der Waals surface area contributed by atoms with Crippen molar-refractivity contribution in [1.82, 2.24) is 10.2 Å². The summed E-state index contributed by atoms with van der Waals surface area (Å²) in [6.45, 7) is 5.71. The second-order valence-electron chi connectivity index (χ2n) is 8.09. The number of carbonyl (C=O) groups excluding carboxylic acids is 1. The molecule has 0 radical (unpaired) electrons. The van der Waals surface area contributed by atoms with Gasteiger partial charge in [-0.3, -0.25) is 9.69 Å². The molecule has 26 heavy (non-hydrogen) atoms. The number of benzene rings is 1. The molecule has 4 heteroatoms. The van der Waals surface area contributed by atoms with Crippen LogP contribution in [0.25, 0.3) is 0 Å². The number of hydrogen-bond acceptors (Lipinski definition) is 3. The predicted molar refractivity (Wildman–Crippen MR) is 107 cm³/mol.